The van der Waals surface area contributed by atoms with Gasteiger partial charge in [-0.3, -0.25) is 25.4 Å². The number of aromatic nitrogens is 1. The molecule has 4 heterocycles. The molecule has 4 atom stereocenters. The number of ether oxygens (including phenoxy) is 2. The molecular formula is C45H57Cl2F2N7O5S. The monoisotopic (exact) mass is 915 g/mol. The summed E-state index contributed by atoms with van der Waals surface area (Å²) >= 11 is 12.7. The van der Waals surface area contributed by atoms with Crippen LogP contribution in [-0.2, 0) is 10.0 Å². The number of alkyl halides is 2. The van der Waals surface area contributed by atoms with Crippen molar-refractivity contribution in [3.8, 4) is 11.6 Å². The number of piperazine rings is 1. The average Bonchev–Trinajstić information content (AvgIpc) is 3.91. The van der Waals surface area contributed by atoms with Gasteiger partial charge in [-0.05, 0) is 98.4 Å². The summed E-state index contributed by atoms with van der Waals surface area (Å²) in [5.74, 6) is -0.285. The highest BCUT2D eigenvalue weighted by Gasteiger charge is 2.39. The lowest BCUT2D eigenvalue weighted by Crippen LogP contribution is -2.47. The molecule has 3 saturated heterocycles. The first-order chi connectivity index (χ1) is 29.7. The van der Waals surface area contributed by atoms with E-state index in [1.165, 1.54) is 22.8 Å². The van der Waals surface area contributed by atoms with Gasteiger partial charge in [0.2, 0.25) is 5.88 Å². The predicted molar refractivity (Wildman–Crippen MR) is 238 cm³/mol. The molecule has 62 heavy (non-hydrogen) atoms. The molecule has 0 bridgehead atoms. The maximum atomic E-state index is 14.0. The van der Waals surface area contributed by atoms with Crippen LogP contribution in [0.2, 0.25) is 10.0 Å². The Morgan fingerprint density at radius 2 is 1.81 bits per heavy atom. The third-order valence-corrected chi connectivity index (χ3v) is 15.0. The fourth-order valence-corrected chi connectivity index (χ4v) is 11.0. The summed E-state index contributed by atoms with van der Waals surface area (Å²) in [6.45, 7) is 10.5. The number of fused-ring (bicyclic) bond motifs is 1. The number of halogens is 4. The lowest BCUT2D eigenvalue weighted by atomic mass is 9.72. The SMILES string of the molecule is CC1(C)CCC(CN2CCN(c3ccc(C(=O)NS(=O)(=O)c4cnc(OC[C@@H]5CCN(CC(F)F)C5)c(Cl)c4)c(OC4CCCC5NNCC54)c3)CC2)=C(c2ccc(Cl)cc2)C1. The van der Waals surface area contributed by atoms with Gasteiger partial charge in [0.25, 0.3) is 22.4 Å². The fraction of sp³-hybridized carbons (Fsp3) is 0.556. The number of benzene rings is 2. The summed E-state index contributed by atoms with van der Waals surface area (Å²) in [6.07, 6.45) is 5.22. The van der Waals surface area contributed by atoms with Crippen molar-refractivity contribution in [1.82, 2.24) is 30.4 Å². The number of amides is 1. The third-order valence-electron chi connectivity index (χ3n) is 13.2. The van der Waals surface area contributed by atoms with Crippen molar-refractivity contribution in [3.05, 3.63) is 81.5 Å². The van der Waals surface area contributed by atoms with Gasteiger partial charge in [-0.2, -0.15) is 0 Å². The smallest absolute Gasteiger partial charge is 0.268 e. The van der Waals surface area contributed by atoms with Gasteiger partial charge in [-0.25, -0.2) is 26.9 Å². The number of nitrogens with one attached hydrogen (secondary N) is 3. The Hall–Kier alpha value is -3.57. The summed E-state index contributed by atoms with van der Waals surface area (Å²) in [7, 11) is -4.42. The zero-order valence-electron chi connectivity index (χ0n) is 35.4. The zero-order chi connectivity index (χ0) is 43.6. The number of hydrogen-bond acceptors (Lipinski definition) is 11. The molecule has 0 radical (unpaired) electrons. The summed E-state index contributed by atoms with van der Waals surface area (Å²) in [4.78, 5) is 24.3. The second kappa shape index (κ2) is 19.3. The molecular weight excluding hydrogens is 860 g/mol. The van der Waals surface area contributed by atoms with Crippen LogP contribution >= 0.6 is 23.2 Å². The van der Waals surface area contributed by atoms with E-state index in [0.29, 0.717) is 25.3 Å². The molecule has 17 heteroatoms. The number of hydrazine groups is 1. The summed E-state index contributed by atoms with van der Waals surface area (Å²) in [6, 6.07) is 15.0. The van der Waals surface area contributed by atoms with E-state index in [1.54, 1.807) is 11.0 Å². The number of carbonyl (C=O) groups excluding carboxylic acids is 1. The van der Waals surface area contributed by atoms with Crippen LogP contribution in [0.25, 0.3) is 5.57 Å². The molecule has 3 aromatic rings. The number of hydrogen-bond donors (Lipinski definition) is 3. The van der Waals surface area contributed by atoms with Gasteiger partial charge in [0, 0.05) is 80.5 Å². The van der Waals surface area contributed by atoms with E-state index < -0.39 is 22.4 Å². The highest BCUT2D eigenvalue weighted by molar-refractivity contribution is 7.90. The largest absolute Gasteiger partial charge is 0.489 e. The van der Waals surface area contributed by atoms with E-state index in [4.69, 9.17) is 32.7 Å². The second-order valence-corrected chi connectivity index (χ2v) is 20.8. The lowest BCUT2D eigenvalue weighted by Gasteiger charge is -2.39. The molecule has 5 aliphatic rings. The Balaban J connectivity index is 0.954. The maximum absolute atomic E-state index is 14.0. The molecule has 8 rings (SSSR count). The molecule has 336 valence electrons. The molecule has 1 amide bonds. The van der Waals surface area contributed by atoms with Gasteiger partial charge in [0.1, 0.15) is 21.8 Å². The summed E-state index contributed by atoms with van der Waals surface area (Å²) < 4.78 is 67.6. The van der Waals surface area contributed by atoms with Crippen LogP contribution in [-0.4, -0.2) is 113 Å². The molecule has 1 saturated carbocycles. The number of allylic oxidation sites excluding steroid dienone is 1. The van der Waals surface area contributed by atoms with Gasteiger partial charge >= 0.3 is 0 Å². The Morgan fingerprint density at radius 1 is 1.02 bits per heavy atom. The molecule has 2 aliphatic carbocycles. The number of anilines is 1. The first kappa shape index (κ1) is 45.0. The van der Waals surface area contributed by atoms with Crippen molar-refractivity contribution in [1.29, 1.82) is 0 Å². The quantitative estimate of drug-likeness (QED) is 0.151. The first-order valence-corrected chi connectivity index (χ1v) is 24.0. The second-order valence-electron chi connectivity index (χ2n) is 18.3. The summed E-state index contributed by atoms with van der Waals surface area (Å²) in [5.41, 5.74) is 12.0. The number of likely N-dealkylation sites (tertiary alicyclic amines) is 1. The Labute approximate surface area is 373 Å². The predicted octanol–water partition coefficient (Wildman–Crippen LogP) is 7.28. The number of carbonyl (C=O) groups is 1. The molecule has 3 N–H and O–H groups in total. The molecule has 1 aromatic heterocycles. The van der Waals surface area contributed by atoms with Crippen LogP contribution in [0, 0.1) is 17.3 Å². The van der Waals surface area contributed by atoms with Crippen LogP contribution in [0.1, 0.15) is 74.7 Å². The molecule has 2 aromatic carbocycles. The summed E-state index contributed by atoms with van der Waals surface area (Å²) in [5, 5.41) is 0.687. The standard InChI is InChI=1S/C45H57Cl2F2N7O5S/c1-45(2)14-12-31(36(22-45)30-6-8-32(46)9-7-30)26-54-16-18-56(19-17-54)33-10-11-35(41(20-33)61-40-5-3-4-39-37(40)24-51-52-39)43(57)53-62(58,59)34-21-38(47)44(50-23-34)60-28-29-13-15-55(25-29)27-42(48)49/h6-11,20-21,23,29,37,39-40,42,51-52H,3-5,12-19,22,24-28H2,1-2H3,(H,53,57)/t29-,37?,39?,40?/m1/s1. The van der Waals surface area contributed by atoms with Gasteiger partial charge in [0.15, 0.2) is 0 Å². The minimum absolute atomic E-state index is 0.00868. The average molecular weight is 917 g/mol. The molecule has 3 unspecified atom stereocenters. The van der Waals surface area contributed by atoms with E-state index >= 15 is 0 Å². The van der Waals surface area contributed by atoms with Gasteiger partial charge in [-0.1, -0.05) is 54.8 Å². The van der Waals surface area contributed by atoms with Crippen LogP contribution in [0.5, 0.6) is 11.6 Å². The molecule has 12 nitrogen and oxygen atoms in total. The first-order valence-electron chi connectivity index (χ1n) is 21.8. The van der Waals surface area contributed by atoms with Gasteiger partial charge in [0.05, 0.1) is 24.9 Å². The van der Waals surface area contributed by atoms with Crippen molar-refractivity contribution < 1.29 is 31.5 Å². The van der Waals surface area contributed by atoms with E-state index in [2.05, 4.69) is 56.3 Å². The highest BCUT2D eigenvalue weighted by atomic mass is 35.5. The number of nitrogens with zero attached hydrogens (tertiary/aromatic N) is 4. The number of sulfonamides is 1. The number of pyridine rings is 1. The highest BCUT2D eigenvalue weighted by Crippen LogP contribution is 2.43. The Bertz CT molecular complexity index is 2230. The van der Waals surface area contributed by atoms with Crippen LogP contribution in [0.3, 0.4) is 0 Å². The molecule has 0 spiro atoms. The Morgan fingerprint density at radius 3 is 2.56 bits per heavy atom. The number of rotatable bonds is 14. The van der Waals surface area contributed by atoms with Crippen molar-refractivity contribution >= 4 is 50.4 Å². The van der Waals surface area contributed by atoms with Crippen molar-refractivity contribution in [2.45, 2.75) is 82.3 Å². The fourth-order valence-electron chi connectivity index (χ4n) is 9.69. The Kier molecular flexibility index (Phi) is 14.0. The van der Waals surface area contributed by atoms with E-state index in [9.17, 15) is 22.0 Å². The van der Waals surface area contributed by atoms with Crippen molar-refractivity contribution in [2.75, 3.05) is 70.4 Å². The topological polar surface area (TPSA) is 128 Å². The van der Waals surface area contributed by atoms with Crippen molar-refractivity contribution in [3.63, 3.8) is 0 Å². The third kappa shape index (κ3) is 10.8. The normalized spacial score (nSPS) is 24.7. The minimum atomic E-state index is -4.42. The van der Waals surface area contributed by atoms with Gasteiger partial charge in [-0.15, -0.1) is 0 Å². The van der Waals surface area contributed by atoms with Crippen LogP contribution in [0.15, 0.2) is 65.2 Å². The van der Waals surface area contributed by atoms with Crippen molar-refractivity contribution in [2.24, 2.45) is 17.3 Å². The van der Waals surface area contributed by atoms with Gasteiger partial charge < -0.3 is 14.4 Å². The molecule has 3 aliphatic heterocycles. The maximum Gasteiger partial charge on any atom is 0.268 e. The zero-order valence-corrected chi connectivity index (χ0v) is 37.7. The van der Waals surface area contributed by atoms with Crippen LogP contribution < -0.4 is 29.9 Å². The molecule has 4 fully saturated rings. The van der Waals surface area contributed by atoms with E-state index in [-0.39, 0.29) is 63.9 Å². The minimum Gasteiger partial charge on any atom is -0.489 e. The van der Waals surface area contributed by atoms with Crippen LogP contribution in [0.4, 0.5) is 14.5 Å². The van der Waals surface area contributed by atoms with E-state index in [1.807, 2.05) is 24.3 Å². The van der Waals surface area contributed by atoms with E-state index in [0.717, 1.165) is 94.7 Å². The lowest BCUT2D eigenvalue weighted by molar-refractivity contribution is 0.0876.